The number of benzene rings is 3. The Morgan fingerprint density at radius 1 is 0.844 bits per heavy atom. The fourth-order valence-corrected chi connectivity index (χ4v) is 3.95. The van der Waals surface area contributed by atoms with Gasteiger partial charge in [-0.2, -0.15) is 0 Å². The number of phosphoric ester groups is 1. The van der Waals surface area contributed by atoms with Crippen molar-refractivity contribution in [1.82, 2.24) is 0 Å². The van der Waals surface area contributed by atoms with E-state index in [1.54, 1.807) is 0 Å². The minimum atomic E-state index is -4.08. The van der Waals surface area contributed by atoms with Crippen LogP contribution in [0.1, 0.15) is 21.5 Å². The van der Waals surface area contributed by atoms with E-state index < -0.39 is 13.8 Å². The number of hydrogen-bond acceptors (Lipinski definition) is 7. The molecule has 9 heteroatoms. The van der Waals surface area contributed by atoms with Crippen LogP contribution in [-0.2, 0) is 31.6 Å². The topological polar surface area (TPSA) is 80.3 Å². The van der Waals surface area contributed by atoms with E-state index in [0.29, 0.717) is 0 Å². The molecule has 0 spiro atoms. The summed E-state index contributed by atoms with van der Waals surface area (Å²) in [5, 5.41) is 0. The fraction of sp³-hybridized carbons (Fsp3) is 0.174. The Balaban J connectivity index is 1.82. The lowest BCUT2D eigenvalue weighted by atomic mass is 10.2. The number of methoxy groups -OCH3 is 1. The number of esters is 1. The van der Waals surface area contributed by atoms with E-state index in [1.807, 2.05) is 60.7 Å². The van der Waals surface area contributed by atoms with Crippen LogP contribution in [0, 0.1) is 0 Å². The second kappa shape index (κ2) is 11.7. The van der Waals surface area contributed by atoms with Crippen LogP contribution >= 0.6 is 19.4 Å². The normalized spacial score (nSPS) is 11.1. The molecular formula is C23H22ClO7P. The van der Waals surface area contributed by atoms with Gasteiger partial charge in [-0.05, 0) is 29.3 Å². The molecule has 0 aromatic heterocycles. The van der Waals surface area contributed by atoms with Crippen LogP contribution < -0.4 is 9.26 Å². The summed E-state index contributed by atoms with van der Waals surface area (Å²) in [4.78, 5) is 11.9. The summed E-state index contributed by atoms with van der Waals surface area (Å²) in [7, 11) is -2.69. The first-order chi connectivity index (χ1) is 15.5. The first-order valence-electron chi connectivity index (χ1n) is 9.60. The smallest absolute Gasteiger partial charge is 0.493 e. The van der Waals surface area contributed by atoms with E-state index in [4.69, 9.17) is 34.6 Å². The van der Waals surface area contributed by atoms with Gasteiger partial charge in [-0.25, -0.2) is 9.36 Å². The van der Waals surface area contributed by atoms with Gasteiger partial charge < -0.3 is 14.0 Å². The SMILES string of the molecule is COc1cc(C(=O)OCCl)ccc1OP(=O)(OCc1ccccc1)OCc1ccccc1. The quantitative estimate of drug-likeness (QED) is 0.191. The highest BCUT2D eigenvalue weighted by atomic mass is 35.5. The summed E-state index contributed by atoms with van der Waals surface area (Å²) < 4.78 is 40.4. The van der Waals surface area contributed by atoms with Gasteiger partial charge in [-0.1, -0.05) is 72.3 Å². The summed E-state index contributed by atoms with van der Waals surface area (Å²) in [5.74, 6) is -0.395. The van der Waals surface area contributed by atoms with Gasteiger partial charge >= 0.3 is 13.8 Å². The lowest BCUT2D eigenvalue weighted by molar-refractivity contribution is 0.0573. The van der Waals surface area contributed by atoms with Gasteiger partial charge in [0.2, 0.25) is 0 Å². The zero-order valence-electron chi connectivity index (χ0n) is 17.3. The molecule has 0 amide bonds. The summed E-state index contributed by atoms with van der Waals surface area (Å²) in [5.41, 5.74) is 1.79. The highest BCUT2D eigenvalue weighted by molar-refractivity contribution is 7.48. The minimum Gasteiger partial charge on any atom is -0.493 e. The Morgan fingerprint density at radius 2 is 1.41 bits per heavy atom. The second-order valence-electron chi connectivity index (χ2n) is 6.46. The molecule has 0 N–H and O–H groups in total. The maximum Gasteiger partial charge on any atom is 0.530 e. The fourth-order valence-electron chi connectivity index (χ4n) is 2.67. The molecule has 0 fully saturated rings. The van der Waals surface area contributed by atoms with Crippen LogP contribution in [-0.4, -0.2) is 19.1 Å². The van der Waals surface area contributed by atoms with Crippen LogP contribution in [0.2, 0.25) is 0 Å². The summed E-state index contributed by atoms with van der Waals surface area (Å²) in [6.07, 6.45) is 0. The van der Waals surface area contributed by atoms with Crippen molar-refractivity contribution in [2.75, 3.05) is 13.2 Å². The molecule has 3 rings (SSSR count). The van der Waals surface area contributed by atoms with E-state index >= 15 is 0 Å². The third-order valence-corrected chi connectivity index (χ3v) is 5.68. The van der Waals surface area contributed by atoms with Gasteiger partial charge in [-0.3, -0.25) is 9.05 Å². The van der Waals surface area contributed by atoms with Gasteiger partial charge in [0.25, 0.3) is 0 Å². The maximum atomic E-state index is 13.5. The van der Waals surface area contributed by atoms with Crippen LogP contribution in [0.25, 0.3) is 0 Å². The van der Waals surface area contributed by atoms with Gasteiger partial charge in [0.05, 0.1) is 25.9 Å². The van der Waals surface area contributed by atoms with Gasteiger partial charge in [0, 0.05) is 0 Å². The molecule has 0 aliphatic rings. The molecule has 32 heavy (non-hydrogen) atoms. The Hall–Kier alpha value is -2.83. The molecule has 0 saturated heterocycles. The molecule has 0 saturated carbocycles. The molecular weight excluding hydrogens is 455 g/mol. The Labute approximate surface area is 191 Å². The van der Waals surface area contributed by atoms with Gasteiger partial charge in [0.1, 0.15) is 0 Å². The zero-order chi connectivity index (χ0) is 22.8. The predicted molar refractivity (Wildman–Crippen MR) is 120 cm³/mol. The number of phosphoric acid groups is 1. The summed E-state index contributed by atoms with van der Waals surface area (Å²) in [6, 6.07) is 22.4. The largest absolute Gasteiger partial charge is 0.530 e. The number of carbonyl (C=O) groups excluding carboxylic acids is 1. The third-order valence-electron chi connectivity index (χ3n) is 4.26. The van der Waals surface area contributed by atoms with E-state index in [2.05, 4.69) is 0 Å². The van der Waals surface area contributed by atoms with E-state index in [1.165, 1.54) is 25.3 Å². The second-order valence-corrected chi connectivity index (χ2v) is 8.27. The Morgan fingerprint density at radius 3 is 1.91 bits per heavy atom. The van der Waals surface area contributed by atoms with Crippen molar-refractivity contribution >= 4 is 25.4 Å². The van der Waals surface area contributed by atoms with E-state index in [0.717, 1.165) is 11.1 Å². The minimum absolute atomic E-state index is 0.00928. The number of ether oxygens (including phenoxy) is 2. The molecule has 168 valence electrons. The average Bonchev–Trinajstić information content (AvgIpc) is 2.83. The van der Waals surface area contributed by atoms with Gasteiger partial charge in [0.15, 0.2) is 17.6 Å². The molecule has 3 aromatic rings. The first kappa shape index (κ1) is 23.8. The van der Waals surface area contributed by atoms with Crippen molar-refractivity contribution < 1.29 is 32.4 Å². The predicted octanol–water partition coefficient (Wildman–Crippen LogP) is 5.97. The maximum absolute atomic E-state index is 13.5. The highest BCUT2D eigenvalue weighted by Crippen LogP contribution is 2.52. The lowest BCUT2D eigenvalue weighted by Crippen LogP contribution is -2.06. The van der Waals surface area contributed by atoms with Crippen molar-refractivity contribution in [3.63, 3.8) is 0 Å². The summed E-state index contributed by atoms with van der Waals surface area (Å²) >= 11 is 5.44. The molecule has 0 radical (unpaired) electrons. The average molecular weight is 477 g/mol. The van der Waals surface area contributed by atoms with Crippen molar-refractivity contribution in [2.24, 2.45) is 0 Å². The molecule has 3 aromatic carbocycles. The summed E-state index contributed by atoms with van der Waals surface area (Å²) in [6.45, 7) is 0.0186. The lowest BCUT2D eigenvalue weighted by Gasteiger charge is -2.20. The van der Waals surface area contributed by atoms with Crippen LogP contribution in [0.15, 0.2) is 78.9 Å². The van der Waals surface area contributed by atoms with E-state index in [9.17, 15) is 9.36 Å². The number of alkyl halides is 1. The molecule has 0 aliphatic heterocycles. The molecule has 0 unspecified atom stereocenters. The zero-order valence-corrected chi connectivity index (χ0v) is 19.0. The van der Waals surface area contributed by atoms with Crippen molar-refractivity contribution in [3.8, 4) is 11.5 Å². The first-order valence-corrected chi connectivity index (χ1v) is 11.6. The molecule has 0 heterocycles. The Kier molecular flexibility index (Phi) is 8.71. The molecule has 0 bridgehead atoms. The number of rotatable bonds is 11. The van der Waals surface area contributed by atoms with Crippen molar-refractivity contribution in [3.05, 3.63) is 95.6 Å². The van der Waals surface area contributed by atoms with Crippen molar-refractivity contribution in [2.45, 2.75) is 13.2 Å². The highest BCUT2D eigenvalue weighted by Gasteiger charge is 2.31. The monoisotopic (exact) mass is 476 g/mol. The van der Waals surface area contributed by atoms with Crippen LogP contribution in [0.4, 0.5) is 0 Å². The third kappa shape index (κ3) is 6.84. The van der Waals surface area contributed by atoms with Crippen LogP contribution in [0.5, 0.6) is 11.5 Å². The van der Waals surface area contributed by atoms with Crippen molar-refractivity contribution in [1.29, 1.82) is 0 Å². The van der Waals surface area contributed by atoms with Crippen LogP contribution in [0.3, 0.4) is 0 Å². The Bertz CT molecular complexity index is 1010. The standard InChI is InChI=1S/C23H22ClO7P/c1-27-22-14-20(23(25)28-17-24)12-13-21(22)31-32(26,29-15-18-8-4-2-5-9-18)30-16-19-10-6-3-7-11-19/h2-14H,15-17H2,1H3. The molecule has 7 nitrogen and oxygen atoms in total. The number of carbonyl (C=O) groups is 1. The molecule has 0 atom stereocenters. The van der Waals surface area contributed by atoms with E-state index in [-0.39, 0.29) is 36.3 Å². The number of hydrogen-bond donors (Lipinski definition) is 0. The molecule has 0 aliphatic carbocycles. The van der Waals surface area contributed by atoms with Gasteiger partial charge in [-0.15, -0.1) is 0 Å². The number of halogens is 1.